The number of nitrogens with one attached hydrogen (secondary N) is 2. The molecule has 6 nitrogen and oxygen atoms in total. The molecule has 0 unspecified atom stereocenters. The molecule has 0 aliphatic carbocycles. The fourth-order valence-electron chi connectivity index (χ4n) is 3.16. The molecule has 0 atom stereocenters. The van der Waals surface area contributed by atoms with Crippen molar-refractivity contribution in [2.75, 3.05) is 16.9 Å². The van der Waals surface area contributed by atoms with Crippen molar-refractivity contribution in [1.82, 2.24) is 0 Å². The maximum Gasteiger partial charge on any atom is 0.255 e. The van der Waals surface area contributed by atoms with E-state index in [2.05, 4.69) is 17.6 Å². The van der Waals surface area contributed by atoms with Gasteiger partial charge >= 0.3 is 0 Å². The van der Waals surface area contributed by atoms with E-state index < -0.39 is 15.7 Å². The van der Waals surface area contributed by atoms with Crippen LogP contribution in [0.4, 0.5) is 11.4 Å². The van der Waals surface area contributed by atoms with Gasteiger partial charge in [0, 0.05) is 23.1 Å². The quantitative estimate of drug-likeness (QED) is 0.436. The highest BCUT2D eigenvalue weighted by atomic mass is 35.5. The number of unbranched alkanes of at least 4 members (excludes halogenated alkanes) is 1. The molecule has 33 heavy (non-hydrogen) atoms. The maximum absolute atomic E-state index is 12.6. The molecule has 0 aliphatic rings. The standard InChI is InChI=1S/C25H25ClN2O4S/c1-3-4-6-17-9-11-18(12-10-17)24(29)27-20-13-14-23(22(26)16-20)28-25(30)19-7-5-8-21(15-19)33(2,31)32/h5,7-16H,3-4,6H2,1-2H3,(H,27,29)(H,28,30). The Morgan fingerprint density at radius 1 is 0.879 bits per heavy atom. The molecule has 0 spiro atoms. The molecule has 0 saturated heterocycles. The van der Waals surface area contributed by atoms with E-state index >= 15 is 0 Å². The molecular weight excluding hydrogens is 460 g/mol. The van der Waals surface area contributed by atoms with Gasteiger partial charge in [-0.15, -0.1) is 0 Å². The van der Waals surface area contributed by atoms with E-state index in [1.54, 1.807) is 24.3 Å². The van der Waals surface area contributed by atoms with E-state index in [0.29, 0.717) is 16.9 Å². The lowest BCUT2D eigenvalue weighted by Crippen LogP contribution is -2.14. The lowest BCUT2D eigenvalue weighted by molar-refractivity contribution is 0.101. The smallest absolute Gasteiger partial charge is 0.255 e. The predicted octanol–water partition coefficient (Wildman–Crippen LogP) is 5.59. The zero-order chi connectivity index (χ0) is 24.0. The molecule has 8 heteroatoms. The van der Waals surface area contributed by atoms with Crippen molar-refractivity contribution < 1.29 is 18.0 Å². The average Bonchev–Trinajstić information content (AvgIpc) is 2.79. The number of carbonyl (C=O) groups excluding carboxylic acids is 2. The van der Waals surface area contributed by atoms with E-state index in [-0.39, 0.29) is 21.4 Å². The van der Waals surface area contributed by atoms with E-state index in [1.165, 1.54) is 35.9 Å². The number of halogens is 1. The van der Waals surface area contributed by atoms with Gasteiger partial charge in [-0.1, -0.05) is 43.1 Å². The van der Waals surface area contributed by atoms with Crippen LogP contribution in [0.3, 0.4) is 0 Å². The third kappa shape index (κ3) is 6.66. The summed E-state index contributed by atoms with van der Waals surface area (Å²) in [5.74, 6) is -0.759. The highest BCUT2D eigenvalue weighted by Crippen LogP contribution is 2.26. The first-order valence-corrected chi connectivity index (χ1v) is 12.8. The first-order chi connectivity index (χ1) is 15.7. The van der Waals surface area contributed by atoms with E-state index in [4.69, 9.17) is 11.6 Å². The Hall–Kier alpha value is -3.16. The van der Waals surface area contributed by atoms with Crippen LogP contribution in [0.1, 0.15) is 46.0 Å². The number of benzene rings is 3. The summed E-state index contributed by atoms with van der Waals surface area (Å²) in [5.41, 5.74) is 2.74. The fraction of sp³-hybridized carbons (Fsp3) is 0.200. The van der Waals surface area contributed by atoms with Crippen LogP contribution < -0.4 is 10.6 Å². The number of anilines is 2. The van der Waals surface area contributed by atoms with E-state index in [9.17, 15) is 18.0 Å². The van der Waals surface area contributed by atoms with Gasteiger partial charge in [-0.2, -0.15) is 0 Å². The lowest BCUT2D eigenvalue weighted by Gasteiger charge is -2.11. The van der Waals surface area contributed by atoms with Crippen molar-refractivity contribution >= 4 is 44.6 Å². The number of rotatable bonds is 8. The summed E-state index contributed by atoms with van der Waals surface area (Å²) in [6, 6.07) is 18.0. The number of carbonyl (C=O) groups is 2. The Labute approximate surface area is 198 Å². The van der Waals surface area contributed by atoms with Gasteiger partial charge in [-0.3, -0.25) is 9.59 Å². The molecule has 0 aliphatic heterocycles. The summed E-state index contributed by atoms with van der Waals surface area (Å²) >= 11 is 6.30. The van der Waals surface area contributed by atoms with Crippen LogP contribution >= 0.6 is 11.6 Å². The molecule has 0 bridgehead atoms. The number of sulfone groups is 1. The Kier molecular flexibility index (Phi) is 7.89. The van der Waals surface area contributed by atoms with Crippen molar-refractivity contribution in [3.8, 4) is 0 Å². The highest BCUT2D eigenvalue weighted by molar-refractivity contribution is 7.90. The predicted molar refractivity (Wildman–Crippen MR) is 132 cm³/mol. The van der Waals surface area contributed by atoms with Gasteiger partial charge < -0.3 is 10.6 Å². The third-order valence-corrected chi connectivity index (χ3v) is 6.46. The molecule has 0 saturated carbocycles. The molecule has 172 valence electrons. The second kappa shape index (κ2) is 10.6. The van der Waals surface area contributed by atoms with Crippen molar-refractivity contribution in [2.45, 2.75) is 31.1 Å². The van der Waals surface area contributed by atoms with Gasteiger partial charge in [0.15, 0.2) is 9.84 Å². The normalized spacial score (nSPS) is 11.1. The van der Waals surface area contributed by atoms with Crippen molar-refractivity contribution in [1.29, 1.82) is 0 Å². The summed E-state index contributed by atoms with van der Waals surface area (Å²) in [4.78, 5) is 25.1. The van der Waals surface area contributed by atoms with Gasteiger partial charge in [0.05, 0.1) is 15.6 Å². The molecule has 2 amide bonds. The number of aryl methyl sites for hydroxylation is 1. The molecule has 0 fully saturated rings. The van der Waals surface area contributed by atoms with Crippen LogP contribution in [0, 0.1) is 0 Å². The summed E-state index contributed by atoms with van der Waals surface area (Å²) in [6.07, 6.45) is 4.29. The Morgan fingerprint density at radius 3 is 2.21 bits per heavy atom. The highest BCUT2D eigenvalue weighted by Gasteiger charge is 2.14. The molecule has 3 rings (SSSR count). The van der Waals surface area contributed by atoms with Gasteiger partial charge in [-0.05, 0) is 66.9 Å². The number of hydrogen-bond donors (Lipinski definition) is 2. The SMILES string of the molecule is CCCCc1ccc(C(=O)Nc2ccc(NC(=O)c3cccc(S(C)(=O)=O)c3)c(Cl)c2)cc1. The Bertz CT molecular complexity index is 1270. The van der Waals surface area contributed by atoms with Crippen molar-refractivity contribution in [3.05, 3.63) is 88.4 Å². The van der Waals surface area contributed by atoms with Crippen molar-refractivity contribution in [3.63, 3.8) is 0 Å². The van der Waals surface area contributed by atoms with Gasteiger partial charge in [0.1, 0.15) is 0 Å². The zero-order valence-corrected chi connectivity index (χ0v) is 20.0. The Morgan fingerprint density at radius 2 is 1.58 bits per heavy atom. The topological polar surface area (TPSA) is 92.3 Å². The van der Waals surface area contributed by atoms with E-state index in [0.717, 1.165) is 25.5 Å². The van der Waals surface area contributed by atoms with Crippen LogP contribution in [0.15, 0.2) is 71.6 Å². The molecule has 3 aromatic carbocycles. The van der Waals surface area contributed by atoms with Crippen LogP contribution in [0.2, 0.25) is 5.02 Å². The maximum atomic E-state index is 12.6. The number of hydrogen-bond acceptors (Lipinski definition) is 4. The minimum absolute atomic E-state index is 0.0534. The molecule has 0 heterocycles. The minimum atomic E-state index is -3.43. The van der Waals surface area contributed by atoms with E-state index in [1.807, 2.05) is 12.1 Å². The fourth-order valence-corrected chi connectivity index (χ4v) is 4.06. The largest absolute Gasteiger partial charge is 0.322 e. The second-order valence-corrected chi connectivity index (χ2v) is 10.1. The zero-order valence-electron chi connectivity index (χ0n) is 18.4. The molecule has 2 N–H and O–H groups in total. The van der Waals surface area contributed by atoms with Crippen LogP contribution in [-0.4, -0.2) is 26.5 Å². The second-order valence-electron chi connectivity index (χ2n) is 7.70. The molecule has 3 aromatic rings. The van der Waals surface area contributed by atoms with Crippen molar-refractivity contribution in [2.24, 2.45) is 0 Å². The van der Waals surface area contributed by atoms with Gasteiger partial charge in [0.25, 0.3) is 11.8 Å². The minimum Gasteiger partial charge on any atom is -0.322 e. The summed E-state index contributed by atoms with van der Waals surface area (Å²) in [5, 5.41) is 5.69. The Balaban J connectivity index is 1.67. The monoisotopic (exact) mass is 484 g/mol. The summed E-state index contributed by atoms with van der Waals surface area (Å²) in [6.45, 7) is 2.14. The van der Waals surface area contributed by atoms with Gasteiger partial charge in [0.2, 0.25) is 0 Å². The third-order valence-electron chi connectivity index (χ3n) is 5.03. The average molecular weight is 485 g/mol. The molecule has 0 radical (unpaired) electrons. The lowest BCUT2D eigenvalue weighted by atomic mass is 10.1. The molecule has 0 aromatic heterocycles. The summed E-state index contributed by atoms with van der Waals surface area (Å²) < 4.78 is 23.4. The van der Waals surface area contributed by atoms with Crippen LogP contribution in [-0.2, 0) is 16.3 Å². The van der Waals surface area contributed by atoms with Crippen LogP contribution in [0.25, 0.3) is 0 Å². The first-order valence-electron chi connectivity index (χ1n) is 10.5. The summed E-state index contributed by atoms with van der Waals surface area (Å²) in [7, 11) is -3.43. The first kappa shape index (κ1) is 24.5. The molecular formula is C25H25ClN2O4S. The van der Waals surface area contributed by atoms with Crippen LogP contribution in [0.5, 0.6) is 0 Å². The number of amides is 2. The van der Waals surface area contributed by atoms with Gasteiger partial charge in [-0.25, -0.2) is 8.42 Å².